The van der Waals surface area contributed by atoms with Gasteiger partial charge in [-0.3, -0.25) is 4.79 Å². The standard InChI is InChI=1S/C37H34O6/c1-7-34(39)42-32-19-13-27(14-20-32)36(4,5)26-9-11-28(12-10-26)37(6,29-15-21-31(22-16-29)41-25(3)38)30-17-23-33(24-18-30)43-35(40)8-2/h7-24H,1-2H2,3-6H3. The number of esters is 3. The van der Waals surface area contributed by atoms with Crippen LogP contribution in [0.5, 0.6) is 17.2 Å². The molecule has 0 aliphatic rings. The van der Waals surface area contributed by atoms with E-state index in [4.69, 9.17) is 14.2 Å². The molecule has 0 saturated heterocycles. The number of benzene rings is 4. The van der Waals surface area contributed by atoms with E-state index in [1.54, 1.807) is 36.4 Å². The molecule has 6 heteroatoms. The van der Waals surface area contributed by atoms with E-state index in [1.165, 1.54) is 6.92 Å². The first-order valence-electron chi connectivity index (χ1n) is 13.8. The van der Waals surface area contributed by atoms with Crippen molar-refractivity contribution in [3.8, 4) is 17.2 Å². The van der Waals surface area contributed by atoms with Crippen LogP contribution in [0.3, 0.4) is 0 Å². The van der Waals surface area contributed by atoms with Crippen LogP contribution in [-0.4, -0.2) is 17.9 Å². The lowest BCUT2D eigenvalue weighted by atomic mass is 9.70. The van der Waals surface area contributed by atoms with Crippen molar-refractivity contribution < 1.29 is 28.6 Å². The van der Waals surface area contributed by atoms with Gasteiger partial charge in [0.2, 0.25) is 0 Å². The van der Waals surface area contributed by atoms with E-state index in [1.807, 2.05) is 36.4 Å². The summed E-state index contributed by atoms with van der Waals surface area (Å²) in [6.07, 6.45) is 2.26. The average molecular weight is 575 g/mol. The molecule has 4 aromatic carbocycles. The van der Waals surface area contributed by atoms with E-state index in [0.29, 0.717) is 17.2 Å². The zero-order chi connectivity index (χ0) is 31.2. The van der Waals surface area contributed by atoms with E-state index >= 15 is 0 Å². The molecular weight excluding hydrogens is 540 g/mol. The normalized spacial score (nSPS) is 12.4. The Labute approximate surface area is 252 Å². The Hall–Kier alpha value is -5.23. The van der Waals surface area contributed by atoms with Crippen molar-refractivity contribution >= 4 is 17.9 Å². The summed E-state index contributed by atoms with van der Waals surface area (Å²) < 4.78 is 15.8. The van der Waals surface area contributed by atoms with Gasteiger partial charge >= 0.3 is 17.9 Å². The summed E-state index contributed by atoms with van der Waals surface area (Å²) in [5.41, 5.74) is 4.22. The van der Waals surface area contributed by atoms with Crippen molar-refractivity contribution in [1.82, 2.24) is 0 Å². The second kappa shape index (κ2) is 12.7. The molecule has 1 unspecified atom stereocenters. The third-order valence-electron chi connectivity index (χ3n) is 7.66. The Morgan fingerprint density at radius 1 is 0.512 bits per heavy atom. The quantitative estimate of drug-likeness (QED) is 0.0846. The first kappa shape index (κ1) is 30.7. The molecule has 6 nitrogen and oxygen atoms in total. The fraction of sp³-hybridized carbons (Fsp3) is 0.162. The molecule has 0 heterocycles. The van der Waals surface area contributed by atoms with Crippen LogP contribution in [0, 0.1) is 0 Å². The summed E-state index contributed by atoms with van der Waals surface area (Å²) in [4.78, 5) is 34.7. The molecule has 0 amide bonds. The van der Waals surface area contributed by atoms with Crippen LogP contribution in [0.25, 0.3) is 0 Å². The fourth-order valence-corrected chi connectivity index (χ4v) is 5.02. The minimum absolute atomic E-state index is 0.335. The van der Waals surface area contributed by atoms with Crippen LogP contribution in [0.2, 0.25) is 0 Å². The zero-order valence-electron chi connectivity index (χ0n) is 24.8. The third-order valence-corrected chi connectivity index (χ3v) is 7.66. The van der Waals surface area contributed by atoms with Crippen LogP contribution < -0.4 is 14.2 Å². The van der Waals surface area contributed by atoms with Gasteiger partial charge in [-0.2, -0.15) is 0 Å². The maximum absolute atomic E-state index is 11.7. The van der Waals surface area contributed by atoms with Gasteiger partial charge in [-0.15, -0.1) is 0 Å². The first-order chi connectivity index (χ1) is 20.5. The Bertz CT molecular complexity index is 1630. The summed E-state index contributed by atoms with van der Waals surface area (Å²) in [5.74, 6) is -0.0659. The highest BCUT2D eigenvalue weighted by molar-refractivity contribution is 5.83. The van der Waals surface area contributed by atoms with Crippen molar-refractivity contribution in [2.45, 2.75) is 38.5 Å². The molecule has 0 saturated carbocycles. The first-order valence-corrected chi connectivity index (χ1v) is 13.8. The Morgan fingerprint density at radius 3 is 1.12 bits per heavy atom. The molecule has 0 N–H and O–H groups in total. The Kier molecular flexibility index (Phi) is 9.10. The molecule has 0 fully saturated rings. The molecule has 0 aliphatic heterocycles. The predicted octanol–water partition coefficient (Wildman–Crippen LogP) is 7.47. The van der Waals surface area contributed by atoms with Gasteiger partial charge in [0.05, 0.1) is 0 Å². The van der Waals surface area contributed by atoms with Crippen molar-refractivity contribution in [2.24, 2.45) is 0 Å². The topological polar surface area (TPSA) is 78.9 Å². The highest BCUT2D eigenvalue weighted by atomic mass is 16.5. The second-order valence-electron chi connectivity index (χ2n) is 10.7. The molecule has 1 atom stereocenters. The summed E-state index contributed by atoms with van der Waals surface area (Å²) in [6, 6.07) is 30.8. The molecule has 218 valence electrons. The van der Waals surface area contributed by atoms with Crippen LogP contribution in [0.15, 0.2) is 122 Å². The highest BCUT2D eigenvalue weighted by Gasteiger charge is 2.32. The Morgan fingerprint density at radius 2 is 0.791 bits per heavy atom. The molecular formula is C37H34O6. The van der Waals surface area contributed by atoms with Gasteiger partial charge in [0.25, 0.3) is 0 Å². The van der Waals surface area contributed by atoms with Gasteiger partial charge in [-0.25, -0.2) is 9.59 Å². The van der Waals surface area contributed by atoms with Crippen LogP contribution in [-0.2, 0) is 25.2 Å². The van der Waals surface area contributed by atoms with Gasteiger partial charge < -0.3 is 14.2 Å². The minimum Gasteiger partial charge on any atom is -0.427 e. The minimum atomic E-state index is -0.602. The van der Waals surface area contributed by atoms with Gasteiger partial charge in [-0.05, 0) is 71.1 Å². The Balaban J connectivity index is 1.71. The lowest BCUT2D eigenvalue weighted by Crippen LogP contribution is -2.26. The zero-order valence-corrected chi connectivity index (χ0v) is 24.8. The van der Waals surface area contributed by atoms with Crippen molar-refractivity contribution in [3.63, 3.8) is 0 Å². The summed E-state index contributed by atoms with van der Waals surface area (Å²) in [7, 11) is 0. The number of hydrogen-bond donors (Lipinski definition) is 0. The van der Waals surface area contributed by atoms with E-state index in [9.17, 15) is 14.4 Å². The van der Waals surface area contributed by atoms with Gasteiger partial charge in [0.15, 0.2) is 0 Å². The maximum atomic E-state index is 11.7. The van der Waals surface area contributed by atoms with E-state index in [-0.39, 0.29) is 11.4 Å². The van der Waals surface area contributed by atoms with Crippen LogP contribution in [0.1, 0.15) is 55.5 Å². The molecule has 43 heavy (non-hydrogen) atoms. The van der Waals surface area contributed by atoms with Crippen molar-refractivity contribution in [3.05, 3.63) is 150 Å². The van der Waals surface area contributed by atoms with Gasteiger partial charge in [0.1, 0.15) is 17.2 Å². The number of hydrogen-bond acceptors (Lipinski definition) is 6. The largest absolute Gasteiger partial charge is 0.427 e. The maximum Gasteiger partial charge on any atom is 0.335 e. The lowest BCUT2D eigenvalue weighted by molar-refractivity contribution is -0.132. The van der Waals surface area contributed by atoms with Crippen molar-refractivity contribution in [1.29, 1.82) is 0 Å². The summed E-state index contributed by atoms with van der Waals surface area (Å²) in [5, 5.41) is 0. The summed E-state index contributed by atoms with van der Waals surface area (Å²) >= 11 is 0. The van der Waals surface area contributed by atoms with E-state index < -0.39 is 17.4 Å². The number of carbonyl (C=O) groups is 3. The van der Waals surface area contributed by atoms with Gasteiger partial charge in [0, 0.05) is 29.9 Å². The predicted molar refractivity (Wildman–Crippen MR) is 166 cm³/mol. The van der Waals surface area contributed by atoms with Crippen LogP contribution >= 0.6 is 0 Å². The molecule has 4 rings (SSSR count). The molecule has 0 spiro atoms. The number of rotatable bonds is 10. The molecule has 0 bridgehead atoms. The van der Waals surface area contributed by atoms with Crippen molar-refractivity contribution in [2.75, 3.05) is 0 Å². The van der Waals surface area contributed by atoms with Gasteiger partial charge in [-0.1, -0.05) is 87.7 Å². The molecule has 0 radical (unpaired) electrons. The average Bonchev–Trinajstić information content (AvgIpc) is 3.01. The third kappa shape index (κ3) is 6.81. The monoisotopic (exact) mass is 574 g/mol. The molecule has 4 aromatic rings. The fourth-order valence-electron chi connectivity index (χ4n) is 5.02. The molecule has 0 aromatic heterocycles. The number of ether oxygens (including phenoxy) is 3. The lowest BCUT2D eigenvalue weighted by Gasteiger charge is -2.33. The highest BCUT2D eigenvalue weighted by Crippen LogP contribution is 2.41. The van der Waals surface area contributed by atoms with E-state index in [2.05, 4.69) is 58.2 Å². The summed E-state index contributed by atoms with van der Waals surface area (Å²) in [6.45, 7) is 14.7. The SMILES string of the molecule is C=CC(=O)Oc1ccc(C(C)(C)c2ccc(C(C)(c3ccc(OC(C)=O)cc3)c3ccc(OC(=O)C=C)cc3)cc2)cc1. The van der Waals surface area contributed by atoms with Crippen LogP contribution in [0.4, 0.5) is 0 Å². The van der Waals surface area contributed by atoms with E-state index in [0.717, 1.165) is 40.0 Å². The second-order valence-corrected chi connectivity index (χ2v) is 10.7. The smallest absolute Gasteiger partial charge is 0.335 e. The molecule has 0 aliphatic carbocycles. The number of carbonyl (C=O) groups excluding carboxylic acids is 3.